The molecule has 2 heterocycles. The van der Waals surface area contributed by atoms with Crippen molar-refractivity contribution in [3.63, 3.8) is 0 Å². The van der Waals surface area contributed by atoms with E-state index in [0.29, 0.717) is 17.9 Å². The number of aromatic nitrogens is 5. The van der Waals surface area contributed by atoms with E-state index in [4.69, 9.17) is 0 Å². The van der Waals surface area contributed by atoms with Crippen molar-refractivity contribution in [1.82, 2.24) is 29.7 Å². The molecule has 0 saturated heterocycles. The van der Waals surface area contributed by atoms with Gasteiger partial charge in [-0.05, 0) is 6.92 Å². The monoisotopic (exact) mass is 300 g/mol. The molecule has 0 atom stereocenters. The predicted molar refractivity (Wildman–Crippen MR) is 69.1 cm³/mol. The minimum Gasteiger partial charge on any atom is -0.392 e. The molecule has 10 heteroatoms. The molecule has 0 spiro atoms. The summed E-state index contributed by atoms with van der Waals surface area (Å²) < 4.78 is 28.3. The van der Waals surface area contributed by atoms with Crippen LogP contribution in [0.5, 0.6) is 0 Å². The number of nitrogens with one attached hydrogen (secondary N) is 2. The quantitative estimate of drug-likeness (QED) is 0.619. The van der Waals surface area contributed by atoms with Gasteiger partial charge in [0, 0.05) is 31.3 Å². The highest BCUT2D eigenvalue weighted by Crippen LogP contribution is 2.15. The number of aliphatic hydroxyl groups is 1. The minimum atomic E-state index is -3.76. The Kier molecular flexibility index (Phi) is 4.16. The zero-order chi connectivity index (χ0) is 14.8. The van der Waals surface area contributed by atoms with Crippen molar-refractivity contribution in [2.24, 2.45) is 7.05 Å². The smallest absolute Gasteiger partial charge is 0.260 e. The van der Waals surface area contributed by atoms with Crippen LogP contribution in [0.4, 0.5) is 0 Å². The Morgan fingerprint density at radius 3 is 2.85 bits per heavy atom. The molecule has 20 heavy (non-hydrogen) atoms. The molecular weight excluding hydrogens is 284 g/mol. The van der Waals surface area contributed by atoms with Crippen LogP contribution >= 0.6 is 0 Å². The third-order valence-electron chi connectivity index (χ3n) is 2.89. The Labute approximate surface area is 116 Å². The molecule has 0 amide bonds. The molecule has 9 nitrogen and oxygen atoms in total. The number of H-pyrrole nitrogens is 1. The minimum absolute atomic E-state index is 0.171. The topological polar surface area (TPSA) is 126 Å². The highest BCUT2D eigenvalue weighted by atomic mass is 32.2. The van der Waals surface area contributed by atoms with Gasteiger partial charge in [0.25, 0.3) is 10.0 Å². The molecule has 0 aliphatic rings. The van der Waals surface area contributed by atoms with Gasteiger partial charge in [0.15, 0.2) is 5.03 Å². The molecule has 0 aromatic carbocycles. The number of aliphatic hydroxyl groups excluding tert-OH is 1. The fourth-order valence-corrected chi connectivity index (χ4v) is 2.95. The summed E-state index contributed by atoms with van der Waals surface area (Å²) in [6, 6.07) is 0. The Balaban J connectivity index is 2.06. The Hall–Kier alpha value is -1.78. The molecule has 0 saturated carbocycles. The normalized spacial score (nSPS) is 11.9. The maximum Gasteiger partial charge on any atom is 0.260 e. The molecule has 2 aromatic rings. The van der Waals surface area contributed by atoms with E-state index in [9.17, 15) is 13.5 Å². The van der Waals surface area contributed by atoms with Crippen molar-refractivity contribution >= 4 is 10.0 Å². The maximum atomic E-state index is 12.1. The summed E-state index contributed by atoms with van der Waals surface area (Å²) in [5.41, 5.74) is 0.803. The highest BCUT2D eigenvalue weighted by molar-refractivity contribution is 7.89. The van der Waals surface area contributed by atoms with Crippen molar-refractivity contribution in [2.45, 2.75) is 25.0 Å². The summed E-state index contributed by atoms with van der Waals surface area (Å²) in [5, 5.41) is 22.9. The molecule has 3 N–H and O–H groups in total. The highest BCUT2D eigenvalue weighted by Gasteiger charge is 2.23. The maximum absolute atomic E-state index is 12.1. The van der Waals surface area contributed by atoms with E-state index in [1.807, 2.05) is 0 Å². The molecule has 0 aliphatic heterocycles. The van der Waals surface area contributed by atoms with Gasteiger partial charge in [-0.3, -0.25) is 5.10 Å². The fourth-order valence-electron chi connectivity index (χ4n) is 1.74. The first-order chi connectivity index (χ1) is 9.45. The van der Waals surface area contributed by atoms with Gasteiger partial charge in [0.1, 0.15) is 12.2 Å². The van der Waals surface area contributed by atoms with E-state index < -0.39 is 10.0 Å². The van der Waals surface area contributed by atoms with Crippen LogP contribution in [0.25, 0.3) is 0 Å². The van der Waals surface area contributed by atoms with Crippen LogP contribution < -0.4 is 4.72 Å². The predicted octanol–water partition coefficient (Wildman–Crippen LogP) is -1.14. The number of nitrogens with zero attached hydrogens (tertiary/aromatic N) is 4. The number of rotatable bonds is 6. The molecule has 2 aromatic heterocycles. The van der Waals surface area contributed by atoms with Gasteiger partial charge in [-0.2, -0.15) is 5.10 Å². The van der Waals surface area contributed by atoms with Crippen molar-refractivity contribution in [2.75, 3.05) is 6.54 Å². The van der Waals surface area contributed by atoms with Crippen molar-refractivity contribution in [3.05, 3.63) is 23.4 Å². The first-order valence-electron chi connectivity index (χ1n) is 5.93. The molecule has 0 unspecified atom stereocenters. The second-order valence-electron chi connectivity index (χ2n) is 4.30. The first kappa shape index (κ1) is 14.6. The zero-order valence-corrected chi connectivity index (χ0v) is 12.0. The van der Waals surface area contributed by atoms with Gasteiger partial charge < -0.3 is 9.67 Å². The summed E-state index contributed by atoms with van der Waals surface area (Å²) in [6.07, 6.45) is 1.96. The van der Waals surface area contributed by atoms with Gasteiger partial charge in [0.2, 0.25) is 0 Å². The average Bonchev–Trinajstić information content (AvgIpc) is 2.96. The SMILES string of the molecule is Cc1[nH]nc(S(=O)(=O)NCCc2nncn2C)c1CO. The lowest BCUT2D eigenvalue weighted by Gasteiger charge is -2.05. The first-order valence-corrected chi connectivity index (χ1v) is 7.41. The van der Waals surface area contributed by atoms with Gasteiger partial charge in [-0.1, -0.05) is 0 Å². The van der Waals surface area contributed by atoms with Crippen LogP contribution in [0, 0.1) is 6.92 Å². The van der Waals surface area contributed by atoms with Crippen LogP contribution in [0.2, 0.25) is 0 Å². The van der Waals surface area contributed by atoms with Gasteiger partial charge >= 0.3 is 0 Å². The lowest BCUT2D eigenvalue weighted by atomic mass is 10.3. The largest absolute Gasteiger partial charge is 0.392 e. The summed E-state index contributed by atoms with van der Waals surface area (Å²) in [6.45, 7) is 1.44. The lowest BCUT2D eigenvalue weighted by molar-refractivity contribution is 0.277. The second kappa shape index (κ2) is 5.69. The Morgan fingerprint density at radius 1 is 1.50 bits per heavy atom. The summed E-state index contributed by atoms with van der Waals surface area (Å²) in [5.74, 6) is 0.674. The standard InChI is InChI=1S/C10H16N6O3S/c1-7-8(5-17)10(15-13-7)20(18,19)12-4-3-9-14-11-6-16(9)2/h6,12,17H,3-5H2,1-2H3,(H,13,15). The van der Waals surface area contributed by atoms with E-state index >= 15 is 0 Å². The van der Waals surface area contributed by atoms with Crippen LogP contribution in [0.15, 0.2) is 11.4 Å². The van der Waals surface area contributed by atoms with Crippen molar-refractivity contribution in [3.8, 4) is 0 Å². The number of hydrogen-bond acceptors (Lipinski definition) is 6. The summed E-state index contributed by atoms with van der Waals surface area (Å²) in [7, 11) is -1.98. The van der Waals surface area contributed by atoms with E-state index in [2.05, 4.69) is 25.1 Å². The molecule has 0 bridgehead atoms. The van der Waals surface area contributed by atoms with Crippen molar-refractivity contribution in [1.29, 1.82) is 0 Å². The zero-order valence-electron chi connectivity index (χ0n) is 11.2. The van der Waals surface area contributed by atoms with Crippen LogP contribution in [-0.2, 0) is 30.1 Å². The molecule has 2 rings (SSSR count). The number of aryl methyl sites for hydroxylation is 2. The van der Waals surface area contributed by atoms with E-state index in [0.717, 1.165) is 0 Å². The van der Waals surface area contributed by atoms with E-state index in [1.165, 1.54) is 0 Å². The van der Waals surface area contributed by atoms with Gasteiger partial charge in [0.05, 0.1) is 6.61 Å². The van der Waals surface area contributed by atoms with Crippen LogP contribution in [0.3, 0.4) is 0 Å². The third kappa shape index (κ3) is 2.86. The molecule has 0 fully saturated rings. The summed E-state index contributed by atoms with van der Waals surface area (Å²) >= 11 is 0. The van der Waals surface area contributed by atoms with Gasteiger partial charge in [-0.15, -0.1) is 10.2 Å². The lowest BCUT2D eigenvalue weighted by Crippen LogP contribution is -2.27. The second-order valence-corrected chi connectivity index (χ2v) is 5.98. The number of sulfonamides is 1. The van der Waals surface area contributed by atoms with Crippen LogP contribution in [0.1, 0.15) is 17.1 Å². The fraction of sp³-hybridized carbons (Fsp3) is 0.500. The number of aromatic amines is 1. The summed E-state index contributed by atoms with van der Waals surface area (Å²) in [4.78, 5) is 0. The Morgan fingerprint density at radius 2 is 2.25 bits per heavy atom. The van der Waals surface area contributed by atoms with E-state index in [1.54, 1.807) is 24.9 Å². The van der Waals surface area contributed by atoms with Gasteiger partial charge in [-0.25, -0.2) is 13.1 Å². The van der Waals surface area contributed by atoms with Crippen molar-refractivity contribution < 1.29 is 13.5 Å². The van der Waals surface area contributed by atoms with E-state index in [-0.39, 0.29) is 23.7 Å². The average molecular weight is 300 g/mol. The van der Waals surface area contributed by atoms with Crippen LogP contribution in [-0.4, -0.2) is 45.0 Å². The molecule has 0 aliphatic carbocycles. The number of hydrogen-bond donors (Lipinski definition) is 3. The Bertz CT molecular complexity index is 690. The molecular formula is C10H16N6O3S. The molecule has 0 radical (unpaired) electrons. The third-order valence-corrected chi connectivity index (χ3v) is 4.33. The molecule has 110 valence electrons.